The maximum Gasteiger partial charge on any atom is 0.331 e. The summed E-state index contributed by atoms with van der Waals surface area (Å²) in [7, 11) is 4.90. The standard InChI is InChI=1S/C25H39N3O5/c1-16(23(31)32)13-14-28(8)22(30)20(24(2,3)4)27-21(29)19(26-7)25(5,6)17-11-10-12-18(15-17)33-9/h10-13,15,19-20,26H,14H2,1-9H3,(H,27,29)(H,31,32)/b16-13+. The van der Waals surface area contributed by atoms with Crippen molar-refractivity contribution in [1.82, 2.24) is 15.5 Å². The van der Waals surface area contributed by atoms with Gasteiger partial charge in [0, 0.05) is 24.6 Å². The van der Waals surface area contributed by atoms with Gasteiger partial charge in [-0.15, -0.1) is 0 Å². The summed E-state index contributed by atoms with van der Waals surface area (Å²) in [6.07, 6.45) is 1.48. The van der Waals surface area contributed by atoms with Gasteiger partial charge < -0.3 is 25.4 Å². The van der Waals surface area contributed by atoms with Crippen LogP contribution in [-0.4, -0.2) is 67.6 Å². The highest BCUT2D eigenvalue weighted by atomic mass is 16.5. The van der Waals surface area contributed by atoms with Gasteiger partial charge in [0.05, 0.1) is 13.2 Å². The number of ether oxygens (including phenoxy) is 1. The summed E-state index contributed by atoms with van der Waals surface area (Å²) < 4.78 is 5.33. The number of carboxylic acids is 1. The lowest BCUT2D eigenvalue weighted by atomic mass is 9.76. The summed E-state index contributed by atoms with van der Waals surface area (Å²) in [6, 6.07) is 6.14. The maximum atomic E-state index is 13.4. The van der Waals surface area contributed by atoms with Gasteiger partial charge in [-0.25, -0.2) is 4.79 Å². The predicted molar refractivity (Wildman–Crippen MR) is 129 cm³/mol. The topological polar surface area (TPSA) is 108 Å². The highest BCUT2D eigenvalue weighted by Crippen LogP contribution is 2.30. The second kappa shape index (κ2) is 11.3. The third-order valence-corrected chi connectivity index (χ3v) is 5.87. The zero-order valence-corrected chi connectivity index (χ0v) is 21.3. The number of nitrogens with zero attached hydrogens (tertiary/aromatic N) is 1. The highest BCUT2D eigenvalue weighted by Gasteiger charge is 2.40. The lowest BCUT2D eigenvalue weighted by Crippen LogP contribution is -2.60. The second-order valence-corrected chi connectivity index (χ2v) is 9.89. The number of benzene rings is 1. The molecule has 0 saturated carbocycles. The number of hydrogen-bond acceptors (Lipinski definition) is 5. The summed E-state index contributed by atoms with van der Waals surface area (Å²) in [5.74, 6) is -0.929. The molecule has 2 atom stereocenters. The van der Waals surface area contributed by atoms with Crippen LogP contribution in [0.15, 0.2) is 35.9 Å². The summed E-state index contributed by atoms with van der Waals surface area (Å²) in [5.41, 5.74) is -0.0977. The summed E-state index contributed by atoms with van der Waals surface area (Å²) in [5, 5.41) is 15.1. The van der Waals surface area contributed by atoms with Gasteiger partial charge in [-0.05, 0) is 37.1 Å². The maximum absolute atomic E-state index is 13.4. The van der Waals surface area contributed by atoms with E-state index in [1.807, 2.05) is 58.9 Å². The monoisotopic (exact) mass is 461 g/mol. The fraction of sp³-hybridized carbons (Fsp3) is 0.560. The average Bonchev–Trinajstić information content (AvgIpc) is 2.74. The van der Waals surface area contributed by atoms with Gasteiger partial charge in [0.15, 0.2) is 0 Å². The van der Waals surface area contributed by atoms with Crippen molar-refractivity contribution in [3.8, 4) is 5.75 Å². The first kappa shape index (κ1) is 28.2. The molecule has 2 unspecified atom stereocenters. The van der Waals surface area contributed by atoms with E-state index in [9.17, 15) is 14.4 Å². The van der Waals surface area contributed by atoms with Crippen molar-refractivity contribution in [3.05, 3.63) is 41.5 Å². The molecule has 1 rings (SSSR count). The minimum absolute atomic E-state index is 0.129. The summed E-state index contributed by atoms with van der Waals surface area (Å²) in [4.78, 5) is 39.1. The number of rotatable bonds is 10. The molecule has 0 aliphatic heterocycles. The quantitative estimate of drug-likeness (QED) is 0.462. The third kappa shape index (κ3) is 7.32. The Bertz CT molecular complexity index is 886. The molecule has 1 aromatic carbocycles. The number of aliphatic carboxylic acids is 1. The predicted octanol–water partition coefficient (Wildman–Crippen LogP) is 2.58. The number of nitrogens with one attached hydrogen (secondary N) is 2. The molecule has 184 valence electrons. The van der Waals surface area contributed by atoms with E-state index < -0.39 is 28.9 Å². The Labute approximate surface area is 197 Å². The average molecular weight is 462 g/mol. The molecule has 1 aromatic rings. The van der Waals surface area contributed by atoms with E-state index in [1.54, 1.807) is 21.2 Å². The Morgan fingerprint density at radius 2 is 1.76 bits per heavy atom. The van der Waals surface area contributed by atoms with Gasteiger partial charge in [0.1, 0.15) is 11.8 Å². The number of amides is 2. The Hall–Kier alpha value is -2.87. The molecular weight excluding hydrogens is 422 g/mol. The molecule has 2 amide bonds. The first-order valence-corrected chi connectivity index (χ1v) is 10.9. The summed E-state index contributed by atoms with van der Waals surface area (Å²) in [6.45, 7) is 11.2. The van der Waals surface area contributed by atoms with Gasteiger partial charge in [-0.3, -0.25) is 9.59 Å². The van der Waals surface area contributed by atoms with Crippen LogP contribution >= 0.6 is 0 Å². The highest BCUT2D eigenvalue weighted by molar-refractivity contribution is 5.91. The second-order valence-electron chi connectivity index (χ2n) is 9.89. The molecule has 8 heteroatoms. The van der Waals surface area contributed by atoms with E-state index in [1.165, 1.54) is 17.9 Å². The molecule has 0 spiro atoms. The molecule has 0 saturated heterocycles. The van der Waals surface area contributed by atoms with E-state index in [4.69, 9.17) is 9.84 Å². The number of methoxy groups -OCH3 is 1. The van der Waals surface area contributed by atoms with E-state index in [0.717, 1.165) is 5.56 Å². The van der Waals surface area contributed by atoms with Gasteiger partial charge in [0.25, 0.3) is 0 Å². The SMILES string of the molecule is CNC(C(=O)NC(C(=O)N(C)C/C=C(\C)C(=O)O)C(C)(C)C)C(C)(C)c1cccc(OC)c1. The van der Waals surface area contributed by atoms with Gasteiger partial charge in [-0.1, -0.05) is 52.8 Å². The Balaban J connectivity index is 3.16. The van der Waals surface area contributed by atoms with Crippen molar-refractivity contribution >= 4 is 17.8 Å². The zero-order chi connectivity index (χ0) is 25.6. The normalized spacial score (nSPS) is 14.3. The molecule has 0 aromatic heterocycles. The lowest BCUT2D eigenvalue weighted by molar-refractivity contribution is -0.139. The Morgan fingerprint density at radius 3 is 2.24 bits per heavy atom. The van der Waals surface area contributed by atoms with Crippen LogP contribution in [0.3, 0.4) is 0 Å². The number of carboxylic acid groups (broad SMARTS) is 1. The fourth-order valence-electron chi connectivity index (χ4n) is 3.56. The Morgan fingerprint density at radius 1 is 1.15 bits per heavy atom. The molecular formula is C25H39N3O5. The largest absolute Gasteiger partial charge is 0.497 e. The van der Waals surface area contributed by atoms with Crippen LogP contribution in [0.25, 0.3) is 0 Å². The van der Waals surface area contributed by atoms with Crippen LogP contribution in [-0.2, 0) is 19.8 Å². The molecule has 0 heterocycles. The van der Waals surface area contributed by atoms with Crippen LogP contribution in [0.2, 0.25) is 0 Å². The molecule has 0 aliphatic rings. The number of hydrogen-bond donors (Lipinski definition) is 3. The molecule has 8 nitrogen and oxygen atoms in total. The lowest BCUT2D eigenvalue weighted by Gasteiger charge is -2.38. The molecule has 0 fully saturated rings. The van der Waals surface area contributed by atoms with Crippen molar-refractivity contribution in [1.29, 1.82) is 0 Å². The van der Waals surface area contributed by atoms with E-state index >= 15 is 0 Å². The first-order chi connectivity index (χ1) is 15.2. The minimum atomic E-state index is -1.03. The zero-order valence-electron chi connectivity index (χ0n) is 21.3. The van der Waals surface area contributed by atoms with Crippen molar-refractivity contribution in [2.45, 2.75) is 59.0 Å². The van der Waals surface area contributed by atoms with Crippen LogP contribution in [0.4, 0.5) is 0 Å². The third-order valence-electron chi connectivity index (χ3n) is 5.87. The van der Waals surface area contributed by atoms with Crippen molar-refractivity contribution in [3.63, 3.8) is 0 Å². The molecule has 0 aliphatic carbocycles. The van der Waals surface area contributed by atoms with Crippen LogP contribution in [0, 0.1) is 5.41 Å². The van der Waals surface area contributed by atoms with Crippen LogP contribution < -0.4 is 15.4 Å². The molecule has 0 radical (unpaired) electrons. The fourth-order valence-corrected chi connectivity index (χ4v) is 3.56. The smallest absolute Gasteiger partial charge is 0.331 e. The Kier molecular flexibility index (Phi) is 9.66. The van der Waals surface area contributed by atoms with Gasteiger partial charge in [-0.2, -0.15) is 0 Å². The van der Waals surface area contributed by atoms with Crippen molar-refractivity contribution < 1.29 is 24.2 Å². The van der Waals surface area contributed by atoms with Crippen molar-refractivity contribution in [2.24, 2.45) is 5.41 Å². The summed E-state index contributed by atoms with van der Waals surface area (Å²) >= 11 is 0. The van der Waals surface area contributed by atoms with E-state index in [0.29, 0.717) is 5.75 Å². The number of carbonyl (C=O) groups is 3. The first-order valence-electron chi connectivity index (χ1n) is 10.9. The van der Waals surface area contributed by atoms with Crippen LogP contribution in [0.1, 0.15) is 47.1 Å². The van der Waals surface area contributed by atoms with Gasteiger partial charge >= 0.3 is 5.97 Å². The molecule has 3 N–H and O–H groups in total. The minimum Gasteiger partial charge on any atom is -0.497 e. The van der Waals surface area contributed by atoms with Crippen molar-refractivity contribution in [2.75, 3.05) is 27.7 Å². The molecule has 0 bridgehead atoms. The molecule has 33 heavy (non-hydrogen) atoms. The number of likely N-dealkylation sites (N-methyl/N-ethyl adjacent to an activating group) is 2. The van der Waals surface area contributed by atoms with Crippen LogP contribution in [0.5, 0.6) is 5.75 Å². The number of carbonyl (C=O) groups excluding carboxylic acids is 2. The van der Waals surface area contributed by atoms with E-state index in [-0.39, 0.29) is 23.9 Å². The van der Waals surface area contributed by atoms with E-state index in [2.05, 4.69) is 10.6 Å². The van der Waals surface area contributed by atoms with Gasteiger partial charge in [0.2, 0.25) is 11.8 Å².